The third-order valence-corrected chi connectivity index (χ3v) is 8.01. The highest BCUT2D eigenvalue weighted by Crippen LogP contribution is 2.35. The largest absolute Gasteiger partial charge is 0.476 e. The van der Waals surface area contributed by atoms with E-state index in [0.29, 0.717) is 47.2 Å². The molecule has 0 radical (unpaired) electrons. The summed E-state index contributed by atoms with van der Waals surface area (Å²) in [5.74, 6) is 1.86. The van der Waals surface area contributed by atoms with Crippen LogP contribution in [-0.2, 0) is 6.54 Å². The van der Waals surface area contributed by atoms with Crippen molar-refractivity contribution in [1.82, 2.24) is 24.5 Å². The average Bonchev–Trinajstić information content (AvgIpc) is 3.20. The summed E-state index contributed by atoms with van der Waals surface area (Å²) in [6.07, 6.45) is 11.3. The number of pyridine rings is 1. The molecule has 2 aliphatic carbocycles. The second-order valence-corrected chi connectivity index (χ2v) is 11.1. The zero-order valence-electron chi connectivity index (χ0n) is 21.6. The maximum atomic E-state index is 11.8. The van der Waals surface area contributed by atoms with Gasteiger partial charge in [0.15, 0.2) is 17.0 Å². The summed E-state index contributed by atoms with van der Waals surface area (Å²) in [5, 5.41) is 9.68. The Morgan fingerprint density at radius 1 is 1.11 bits per heavy atom. The summed E-state index contributed by atoms with van der Waals surface area (Å²) in [6.45, 7) is 7.91. The van der Waals surface area contributed by atoms with Crippen molar-refractivity contribution in [3.8, 4) is 17.4 Å². The van der Waals surface area contributed by atoms with Crippen LogP contribution in [0.4, 0.5) is 0 Å². The van der Waals surface area contributed by atoms with E-state index in [4.69, 9.17) is 9.72 Å². The van der Waals surface area contributed by atoms with E-state index < -0.39 is 5.97 Å². The lowest BCUT2D eigenvalue weighted by Gasteiger charge is -2.27. The topological polar surface area (TPSA) is 103 Å². The van der Waals surface area contributed by atoms with Gasteiger partial charge in [0.05, 0.1) is 6.61 Å². The molecule has 0 amide bonds. The molecule has 3 aromatic heterocycles. The van der Waals surface area contributed by atoms with Crippen LogP contribution in [0.15, 0.2) is 18.3 Å². The normalized spacial score (nSPS) is 20.6. The molecule has 2 aliphatic rings. The highest BCUT2D eigenvalue weighted by atomic mass is 16.5. The molecule has 8 nitrogen and oxygen atoms in total. The molecular formula is C28H37N5O3. The molecule has 0 atom stereocenters. The zero-order valence-corrected chi connectivity index (χ0v) is 21.6. The van der Waals surface area contributed by atoms with Gasteiger partial charge in [-0.2, -0.15) is 4.98 Å². The minimum atomic E-state index is -1.18. The number of hydrogen-bond acceptors (Lipinski definition) is 6. The van der Waals surface area contributed by atoms with Crippen molar-refractivity contribution in [3.63, 3.8) is 0 Å². The van der Waals surface area contributed by atoms with Crippen LogP contribution >= 0.6 is 0 Å². The molecule has 2 saturated carbocycles. The van der Waals surface area contributed by atoms with E-state index in [0.717, 1.165) is 37.4 Å². The minimum absolute atomic E-state index is 0.285. The lowest BCUT2D eigenvalue weighted by Crippen LogP contribution is -2.19. The number of carboxylic acids is 1. The first-order chi connectivity index (χ1) is 17.4. The fourth-order valence-corrected chi connectivity index (χ4v) is 5.38. The molecule has 2 fully saturated rings. The monoisotopic (exact) mass is 491 g/mol. The molecule has 0 bridgehead atoms. The van der Waals surface area contributed by atoms with Gasteiger partial charge < -0.3 is 14.4 Å². The van der Waals surface area contributed by atoms with Gasteiger partial charge >= 0.3 is 5.97 Å². The highest BCUT2D eigenvalue weighted by molar-refractivity contribution is 5.88. The first kappa shape index (κ1) is 24.7. The van der Waals surface area contributed by atoms with Crippen LogP contribution < -0.4 is 4.74 Å². The van der Waals surface area contributed by atoms with Gasteiger partial charge in [0, 0.05) is 12.7 Å². The van der Waals surface area contributed by atoms with E-state index in [1.165, 1.54) is 37.7 Å². The number of hydrogen-bond donors (Lipinski definition) is 1. The molecule has 3 heterocycles. The number of carbonyl (C=O) groups is 1. The zero-order chi connectivity index (χ0) is 25.2. The molecule has 0 aromatic carbocycles. The predicted octanol–water partition coefficient (Wildman–Crippen LogP) is 6.11. The molecule has 0 aliphatic heterocycles. The van der Waals surface area contributed by atoms with E-state index in [2.05, 4.69) is 46.4 Å². The van der Waals surface area contributed by atoms with Crippen LogP contribution in [-0.4, -0.2) is 42.2 Å². The van der Waals surface area contributed by atoms with Gasteiger partial charge in [0.2, 0.25) is 11.7 Å². The van der Waals surface area contributed by atoms with Gasteiger partial charge in [0.1, 0.15) is 5.69 Å². The van der Waals surface area contributed by atoms with Crippen molar-refractivity contribution < 1.29 is 14.6 Å². The fraction of sp³-hybridized carbons (Fsp3) is 0.607. The smallest absolute Gasteiger partial charge is 0.374 e. The summed E-state index contributed by atoms with van der Waals surface area (Å²) < 4.78 is 8.32. The van der Waals surface area contributed by atoms with E-state index in [1.807, 2.05) is 12.3 Å². The van der Waals surface area contributed by atoms with E-state index in [-0.39, 0.29) is 5.82 Å². The summed E-state index contributed by atoms with van der Waals surface area (Å²) in [7, 11) is 0. The number of nitrogens with zero attached hydrogens (tertiary/aromatic N) is 5. The summed E-state index contributed by atoms with van der Waals surface area (Å²) >= 11 is 0. The molecule has 8 heteroatoms. The maximum absolute atomic E-state index is 11.8. The van der Waals surface area contributed by atoms with E-state index in [9.17, 15) is 9.90 Å². The van der Waals surface area contributed by atoms with Crippen LogP contribution in [0.1, 0.15) is 94.2 Å². The Balaban J connectivity index is 1.60. The summed E-state index contributed by atoms with van der Waals surface area (Å²) in [6, 6.07) is 4.11. The van der Waals surface area contributed by atoms with Crippen molar-refractivity contribution in [2.45, 2.75) is 84.6 Å². The highest BCUT2D eigenvalue weighted by Gasteiger charge is 2.27. The lowest BCUT2D eigenvalue weighted by atomic mass is 9.83. The summed E-state index contributed by atoms with van der Waals surface area (Å²) in [4.78, 5) is 30.0. The number of rotatable bonds is 9. The predicted molar refractivity (Wildman–Crippen MR) is 138 cm³/mol. The number of imidazole rings is 1. The molecule has 0 unspecified atom stereocenters. The van der Waals surface area contributed by atoms with Crippen LogP contribution in [0.25, 0.3) is 22.7 Å². The third kappa shape index (κ3) is 5.22. The van der Waals surface area contributed by atoms with Gasteiger partial charge in [-0.15, -0.1) is 0 Å². The quantitative estimate of drug-likeness (QED) is 0.385. The average molecular weight is 492 g/mol. The lowest BCUT2D eigenvalue weighted by molar-refractivity contribution is 0.0682. The molecule has 36 heavy (non-hydrogen) atoms. The Bertz CT molecular complexity index is 1230. The van der Waals surface area contributed by atoms with Crippen molar-refractivity contribution in [3.05, 3.63) is 29.7 Å². The molecular weight excluding hydrogens is 454 g/mol. The number of carboxylic acid groups (broad SMARTS) is 1. The van der Waals surface area contributed by atoms with E-state index in [1.54, 1.807) is 0 Å². The van der Waals surface area contributed by atoms with Crippen LogP contribution in [0.5, 0.6) is 5.88 Å². The van der Waals surface area contributed by atoms with Crippen LogP contribution in [0.3, 0.4) is 0 Å². The molecule has 0 saturated heterocycles. The van der Waals surface area contributed by atoms with Crippen LogP contribution in [0.2, 0.25) is 0 Å². The van der Waals surface area contributed by atoms with Gasteiger partial charge in [-0.25, -0.2) is 14.8 Å². The molecule has 5 rings (SSSR count). The number of aromatic carboxylic acids is 1. The molecule has 0 spiro atoms. The third-order valence-electron chi connectivity index (χ3n) is 8.01. The first-order valence-corrected chi connectivity index (χ1v) is 13.5. The van der Waals surface area contributed by atoms with Gasteiger partial charge in [-0.1, -0.05) is 52.9 Å². The summed E-state index contributed by atoms with van der Waals surface area (Å²) in [5.41, 5.74) is 2.98. The first-order valence-electron chi connectivity index (χ1n) is 13.5. The number of aromatic nitrogens is 5. The Morgan fingerprint density at radius 2 is 1.89 bits per heavy atom. The molecule has 3 aromatic rings. The van der Waals surface area contributed by atoms with Crippen molar-refractivity contribution in [1.29, 1.82) is 0 Å². The second kappa shape index (κ2) is 10.5. The Hall–Kier alpha value is -3.03. The standard InChI is InChI=1S/C28H37N5O3/c1-17(2)21-11-13-29-22(15-21)26-31-24-23(33(26)16-20-9-7-18(3)8-10-20)27(32-25(30-24)28(34)35)36-14-12-19-5-4-6-19/h11,13,15,17-20H,4-10,12,14,16H2,1-3H3,(H,34,35)/t18-,20-. The van der Waals surface area contributed by atoms with Gasteiger partial charge in [0.25, 0.3) is 0 Å². The Kier molecular flexibility index (Phi) is 7.21. The second-order valence-electron chi connectivity index (χ2n) is 11.1. The Morgan fingerprint density at radius 3 is 2.56 bits per heavy atom. The molecule has 192 valence electrons. The van der Waals surface area contributed by atoms with Crippen molar-refractivity contribution >= 4 is 17.1 Å². The van der Waals surface area contributed by atoms with Crippen LogP contribution in [0, 0.1) is 17.8 Å². The van der Waals surface area contributed by atoms with Crippen molar-refractivity contribution in [2.75, 3.05) is 6.61 Å². The Labute approximate surface area is 212 Å². The molecule has 1 N–H and O–H groups in total. The maximum Gasteiger partial charge on any atom is 0.374 e. The minimum Gasteiger partial charge on any atom is -0.476 e. The fourth-order valence-electron chi connectivity index (χ4n) is 5.38. The SMILES string of the molecule is CC(C)c1ccnc(-c2nc3nc(C(=O)O)nc(OCCC4CCC4)c3n2C[C@H]2CC[C@H](C)CC2)c1. The van der Waals surface area contributed by atoms with Crippen molar-refractivity contribution in [2.24, 2.45) is 17.8 Å². The van der Waals surface area contributed by atoms with Gasteiger partial charge in [-0.3, -0.25) is 4.98 Å². The van der Waals surface area contributed by atoms with E-state index >= 15 is 0 Å². The van der Waals surface area contributed by atoms with Gasteiger partial charge in [-0.05, 0) is 60.6 Å². The number of fused-ring (bicyclic) bond motifs is 1. The number of ether oxygens (including phenoxy) is 1.